The standard InChI is InChI=1S/C14H18ClF2NO/c1-18-14(6-9-2-4-19-5-3-9)10-7-13(17)11(15)8-12(10)16/h7-9,14,18H,2-6H2,1H3. The minimum Gasteiger partial charge on any atom is -0.381 e. The van der Waals surface area contributed by atoms with Gasteiger partial charge < -0.3 is 10.1 Å². The average molecular weight is 290 g/mol. The molecule has 1 atom stereocenters. The lowest BCUT2D eigenvalue weighted by molar-refractivity contribution is 0.0606. The topological polar surface area (TPSA) is 21.3 Å². The van der Waals surface area contributed by atoms with Crippen LogP contribution in [0.3, 0.4) is 0 Å². The highest BCUT2D eigenvalue weighted by Gasteiger charge is 2.22. The van der Waals surface area contributed by atoms with Crippen LogP contribution in [0.2, 0.25) is 5.02 Å². The molecular formula is C14H18ClF2NO. The van der Waals surface area contributed by atoms with E-state index in [4.69, 9.17) is 16.3 Å². The van der Waals surface area contributed by atoms with E-state index < -0.39 is 11.6 Å². The molecule has 19 heavy (non-hydrogen) atoms. The molecule has 0 amide bonds. The molecule has 0 saturated carbocycles. The largest absolute Gasteiger partial charge is 0.381 e. The Hall–Kier alpha value is -0.710. The van der Waals surface area contributed by atoms with Crippen molar-refractivity contribution in [2.45, 2.75) is 25.3 Å². The molecule has 0 bridgehead atoms. The van der Waals surface area contributed by atoms with Crippen LogP contribution >= 0.6 is 11.6 Å². The molecule has 1 heterocycles. The number of rotatable bonds is 4. The van der Waals surface area contributed by atoms with Crippen LogP contribution in [0.5, 0.6) is 0 Å². The predicted octanol–water partition coefficient (Wildman–Crippen LogP) is 3.70. The number of hydrogen-bond acceptors (Lipinski definition) is 2. The Kier molecular flexibility index (Phi) is 5.13. The summed E-state index contributed by atoms with van der Waals surface area (Å²) in [4.78, 5) is 0. The van der Waals surface area contributed by atoms with E-state index in [2.05, 4.69) is 5.32 Å². The van der Waals surface area contributed by atoms with Crippen molar-refractivity contribution >= 4 is 11.6 Å². The number of nitrogens with one attached hydrogen (secondary N) is 1. The summed E-state index contributed by atoms with van der Waals surface area (Å²) in [7, 11) is 1.76. The molecule has 1 aromatic rings. The molecule has 1 fully saturated rings. The maximum atomic E-state index is 13.9. The number of ether oxygens (including phenoxy) is 1. The summed E-state index contributed by atoms with van der Waals surface area (Å²) in [6.45, 7) is 1.50. The summed E-state index contributed by atoms with van der Waals surface area (Å²) in [5, 5.41) is 2.88. The normalized spacial score (nSPS) is 18.5. The van der Waals surface area contributed by atoms with Crippen LogP contribution in [0, 0.1) is 17.6 Å². The lowest BCUT2D eigenvalue weighted by Gasteiger charge is -2.27. The molecule has 1 unspecified atom stereocenters. The van der Waals surface area contributed by atoms with Crippen LogP contribution < -0.4 is 5.32 Å². The molecule has 0 aliphatic carbocycles. The van der Waals surface area contributed by atoms with Crippen molar-refractivity contribution in [2.24, 2.45) is 5.92 Å². The van der Waals surface area contributed by atoms with Gasteiger partial charge in [0.2, 0.25) is 0 Å². The summed E-state index contributed by atoms with van der Waals surface area (Å²) in [6, 6.07) is 2.04. The fourth-order valence-electron chi connectivity index (χ4n) is 2.52. The summed E-state index contributed by atoms with van der Waals surface area (Å²) in [6.07, 6.45) is 2.71. The van der Waals surface area contributed by atoms with E-state index in [1.165, 1.54) is 6.07 Å². The van der Waals surface area contributed by atoms with Gasteiger partial charge in [0.1, 0.15) is 11.6 Å². The fraction of sp³-hybridized carbons (Fsp3) is 0.571. The number of halogens is 3. The smallest absolute Gasteiger partial charge is 0.142 e. The van der Waals surface area contributed by atoms with Crippen LogP contribution in [-0.2, 0) is 4.74 Å². The zero-order valence-corrected chi connectivity index (χ0v) is 11.6. The minimum absolute atomic E-state index is 0.179. The quantitative estimate of drug-likeness (QED) is 0.854. The van der Waals surface area contributed by atoms with Gasteiger partial charge in [0, 0.05) is 24.8 Å². The summed E-state index contributed by atoms with van der Waals surface area (Å²) >= 11 is 5.57. The van der Waals surface area contributed by atoms with Crippen LogP contribution in [0.4, 0.5) is 8.78 Å². The third kappa shape index (κ3) is 3.65. The highest BCUT2D eigenvalue weighted by molar-refractivity contribution is 6.30. The Bertz CT molecular complexity index is 436. The molecule has 2 rings (SSSR count). The Balaban J connectivity index is 2.14. The third-order valence-electron chi connectivity index (χ3n) is 3.67. The highest BCUT2D eigenvalue weighted by Crippen LogP contribution is 2.30. The van der Waals surface area contributed by atoms with Gasteiger partial charge in [-0.05, 0) is 44.4 Å². The average Bonchev–Trinajstić information content (AvgIpc) is 2.42. The minimum atomic E-state index is -0.578. The van der Waals surface area contributed by atoms with E-state index in [0.29, 0.717) is 11.5 Å². The van der Waals surface area contributed by atoms with Crippen molar-refractivity contribution in [1.82, 2.24) is 5.32 Å². The van der Waals surface area contributed by atoms with Gasteiger partial charge >= 0.3 is 0 Å². The Morgan fingerprint density at radius 1 is 1.32 bits per heavy atom. The second kappa shape index (κ2) is 6.64. The second-order valence-electron chi connectivity index (χ2n) is 4.92. The van der Waals surface area contributed by atoms with E-state index >= 15 is 0 Å². The summed E-state index contributed by atoms with van der Waals surface area (Å²) in [5.41, 5.74) is 0.343. The molecule has 1 saturated heterocycles. The van der Waals surface area contributed by atoms with Crippen molar-refractivity contribution in [1.29, 1.82) is 0 Å². The maximum absolute atomic E-state index is 13.9. The van der Waals surface area contributed by atoms with Crippen LogP contribution in [0.15, 0.2) is 12.1 Å². The lowest BCUT2D eigenvalue weighted by atomic mass is 9.89. The van der Waals surface area contributed by atoms with Crippen molar-refractivity contribution < 1.29 is 13.5 Å². The van der Waals surface area contributed by atoms with Crippen LogP contribution in [-0.4, -0.2) is 20.3 Å². The molecule has 1 N–H and O–H groups in total. The zero-order chi connectivity index (χ0) is 13.8. The molecule has 1 aliphatic rings. The van der Waals surface area contributed by atoms with Crippen molar-refractivity contribution in [3.8, 4) is 0 Å². The Labute approximate surface area is 117 Å². The summed E-state index contributed by atoms with van der Waals surface area (Å²) < 4.78 is 32.7. The molecule has 0 radical (unpaired) electrons. The molecule has 1 aliphatic heterocycles. The van der Waals surface area contributed by atoms with Gasteiger partial charge in [-0.1, -0.05) is 11.6 Å². The molecule has 0 aromatic heterocycles. The summed E-state index contributed by atoms with van der Waals surface area (Å²) in [5.74, 6) is -0.563. The predicted molar refractivity (Wildman–Crippen MR) is 71.3 cm³/mol. The van der Waals surface area contributed by atoms with Gasteiger partial charge in [0.15, 0.2) is 0 Å². The first kappa shape index (κ1) is 14.7. The van der Waals surface area contributed by atoms with Gasteiger partial charge in [0.05, 0.1) is 5.02 Å². The van der Waals surface area contributed by atoms with Crippen molar-refractivity contribution in [3.05, 3.63) is 34.4 Å². The van der Waals surface area contributed by atoms with Gasteiger partial charge in [-0.25, -0.2) is 8.78 Å². The first-order valence-electron chi connectivity index (χ1n) is 6.51. The molecule has 106 valence electrons. The second-order valence-corrected chi connectivity index (χ2v) is 5.33. The lowest BCUT2D eigenvalue weighted by Crippen LogP contribution is -2.24. The maximum Gasteiger partial charge on any atom is 0.142 e. The zero-order valence-electron chi connectivity index (χ0n) is 10.9. The van der Waals surface area contributed by atoms with Gasteiger partial charge in [-0.3, -0.25) is 0 Å². The molecule has 5 heteroatoms. The third-order valence-corrected chi connectivity index (χ3v) is 3.96. The SMILES string of the molecule is CNC(CC1CCOCC1)c1cc(F)c(Cl)cc1F. The van der Waals surface area contributed by atoms with Gasteiger partial charge in [-0.15, -0.1) is 0 Å². The first-order chi connectivity index (χ1) is 9.11. The van der Waals surface area contributed by atoms with E-state index in [0.717, 1.165) is 38.5 Å². The van der Waals surface area contributed by atoms with E-state index in [1.54, 1.807) is 7.05 Å². The van der Waals surface area contributed by atoms with E-state index in [9.17, 15) is 8.78 Å². The van der Waals surface area contributed by atoms with E-state index in [-0.39, 0.29) is 11.1 Å². The number of benzene rings is 1. The highest BCUT2D eigenvalue weighted by atomic mass is 35.5. The van der Waals surface area contributed by atoms with Gasteiger partial charge in [0.25, 0.3) is 0 Å². The van der Waals surface area contributed by atoms with Crippen molar-refractivity contribution in [2.75, 3.05) is 20.3 Å². The van der Waals surface area contributed by atoms with Crippen LogP contribution in [0.25, 0.3) is 0 Å². The van der Waals surface area contributed by atoms with E-state index in [1.807, 2.05) is 0 Å². The van der Waals surface area contributed by atoms with Crippen molar-refractivity contribution in [3.63, 3.8) is 0 Å². The monoisotopic (exact) mass is 289 g/mol. The molecule has 0 spiro atoms. The molecule has 2 nitrogen and oxygen atoms in total. The van der Waals surface area contributed by atoms with Crippen LogP contribution in [0.1, 0.15) is 30.9 Å². The first-order valence-corrected chi connectivity index (χ1v) is 6.89. The van der Waals surface area contributed by atoms with Gasteiger partial charge in [-0.2, -0.15) is 0 Å². The molecule has 1 aromatic carbocycles. The number of hydrogen-bond donors (Lipinski definition) is 1. The molecular weight excluding hydrogens is 272 g/mol. The Morgan fingerprint density at radius 2 is 2.00 bits per heavy atom. The fourth-order valence-corrected chi connectivity index (χ4v) is 2.67. The Morgan fingerprint density at radius 3 is 2.63 bits per heavy atom.